The lowest BCUT2D eigenvalue weighted by Crippen LogP contribution is -2.03. The van der Waals surface area contributed by atoms with E-state index in [9.17, 15) is 13.6 Å². The van der Waals surface area contributed by atoms with Crippen molar-refractivity contribution in [1.82, 2.24) is 0 Å². The highest BCUT2D eigenvalue weighted by Gasteiger charge is 2.19. The van der Waals surface area contributed by atoms with Gasteiger partial charge in [0.25, 0.3) is 0 Å². The number of fused-ring (bicyclic) bond motifs is 1. The topological polar surface area (TPSA) is 67.2 Å². The summed E-state index contributed by atoms with van der Waals surface area (Å²) in [5.41, 5.74) is 8.28. The van der Waals surface area contributed by atoms with E-state index in [1.54, 1.807) is 12.1 Å². The second-order valence-electron chi connectivity index (χ2n) is 4.57. The van der Waals surface area contributed by atoms with E-state index in [1.807, 2.05) is 0 Å². The molecule has 102 valence electrons. The Morgan fingerprint density at radius 2 is 1.95 bits per heavy atom. The molecule has 4 N–H and O–H groups in total. The van der Waals surface area contributed by atoms with Crippen molar-refractivity contribution < 1.29 is 13.6 Å². The molecule has 1 heterocycles. The van der Waals surface area contributed by atoms with E-state index in [-0.39, 0.29) is 18.0 Å². The fourth-order valence-corrected chi connectivity index (χ4v) is 2.14. The molecule has 0 atom stereocenters. The summed E-state index contributed by atoms with van der Waals surface area (Å²) in [6.45, 7) is 0. The monoisotopic (exact) mass is 275 g/mol. The van der Waals surface area contributed by atoms with Crippen molar-refractivity contribution in [1.29, 1.82) is 0 Å². The van der Waals surface area contributed by atoms with Gasteiger partial charge >= 0.3 is 0 Å². The van der Waals surface area contributed by atoms with Crippen molar-refractivity contribution in [3.8, 4) is 0 Å². The van der Waals surface area contributed by atoms with Gasteiger partial charge in [0.15, 0.2) is 0 Å². The molecule has 0 saturated carbocycles. The molecule has 2 aromatic rings. The van der Waals surface area contributed by atoms with Crippen LogP contribution in [-0.2, 0) is 11.2 Å². The Labute approximate surface area is 113 Å². The lowest BCUT2D eigenvalue weighted by atomic mass is 10.1. The third-order valence-corrected chi connectivity index (χ3v) is 3.10. The maximum Gasteiger partial charge on any atom is 0.228 e. The highest BCUT2D eigenvalue weighted by atomic mass is 19.1. The third kappa shape index (κ3) is 2.16. The molecule has 20 heavy (non-hydrogen) atoms. The van der Waals surface area contributed by atoms with Gasteiger partial charge in [0, 0.05) is 11.8 Å². The van der Waals surface area contributed by atoms with Crippen LogP contribution < -0.4 is 16.4 Å². The first kappa shape index (κ1) is 12.4. The molecule has 0 fully saturated rings. The first-order valence-electron chi connectivity index (χ1n) is 5.97. The van der Waals surface area contributed by atoms with Crippen LogP contribution in [0.2, 0.25) is 0 Å². The summed E-state index contributed by atoms with van der Waals surface area (Å²) in [6, 6.07) is 6.52. The van der Waals surface area contributed by atoms with Crippen molar-refractivity contribution in [3.05, 3.63) is 47.5 Å². The smallest absolute Gasteiger partial charge is 0.228 e. The molecule has 0 aliphatic carbocycles. The highest BCUT2D eigenvalue weighted by Crippen LogP contribution is 2.33. The summed E-state index contributed by atoms with van der Waals surface area (Å²) >= 11 is 0. The van der Waals surface area contributed by atoms with Crippen LogP contribution in [-0.4, -0.2) is 5.91 Å². The van der Waals surface area contributed by atoms with Gasteiger partial charge in [-0.05, 0) is 29.8 Å². The van der Waals surface area contributed by atoms with Gasteiger partial charge in [-0.1, -0.05) is 0 Å². The van der Waals surface area contributed by atoms with Crippen molar-refractivity contribution >= 4 is 28.7 Å². The van der Waals surface area contributed by atoms with E-state index in [4.69, 9.17) is 5.73 Å². The summed E-state index contributed by atoms with van der Waals surface area (Å²) in [6.07, 6.45) is 0.282. The van der Waals surface area contributed by atoms with Crippen LogP contribution in [0.1, 0.15) is 5.56 Å². The largest absolute Gasteiger partial charge is 0.397 e. The van der Waals surface area contributed by atoms with Crippen LogP contribution in [0.5, 0.6) is 0 Å². The van der Waals surface area contributed by atoms with Crippen molar-refractivity contribution in [2.45, 2.75) is 6.42 Å². The van der Waals surface area contributed by atoms with Gasteiger partial charge in [0.2, 0.25) is 5.91 Å². The molecular formula is C14H11F2N3O. The van der Waals surface area contributed by atoms with Crippen LogP contribution in [0.3, 0.4) is 0 Å². The molecule has 1 aliphatic rings. The predicted molar refractivity (Wildman–Crippen MR) is 72.8 cm³/mol. The number of benzene rings is 2. The molecule has 0 unspecified atom stereocenters. The van der Waals surface area contributed by atoms with E-state index in [1.165, 1.54) is 6.07 Å². The predicted octanol–water partition coefficient (Wildman–Crippen LogP) is 2.79. The van der Waals surface area contributed by atoms with Crippen LogP contribution in [0, 0.1) is 11.6 Å². The van der Waals surface area contributed by atoms with Crippen molar-refractivity contribution in [3.63, 3.8) is 0 Å². The molecule has 0 spiro atoms. The van der Waals surface area contributed by atoms with E-state index in [2.05, 4.69) is 10.6 Å². The van der Waals surface area contributed by atoms with E-state index < -0.39 is 11.6 Å². The van der Waals surface area contributed by atoms with E-state index >= 15 is 0 Å². The molecular weight excluding hydrogens is 264 g/mol. The van der Waals surface area contributed by atoms with Crippen LogP contribution in [0.4, 0.5) is 31.5 Å². The average Bonchev–Trinajstić information content (AvgIpc) is 2.72. The van der Waals surface area contributed by atoms with Gasteiger partial charge in [-0.3, -0.25) is 4.79 Å². The normalized spacial score (nSPS) is 13.0. The summed E-state index contributed by atoms with van der Waals surface area (Å²) in [5.74, 6) is -1.47. The van der Waals surface area contributed by atoms with Gasteiger partial charge < -0.3 is 16.4 Å². The Balaban J connectivity index is 1.95. The number of amides is 1. The summed E-state index contributed by atoms with van der Waals surface area (Å²) in [4.78, 5) is 11.3. The van der Waals surface area contributed by atoms with Gasteiger partial charge in [-0.25, -0.2) is 8.78 Å². The van der Waals surface area contributed by atoms with Crippen molar-refractivity contribution in [2.24, 2.45) is 0 Å². The van der Waals surface area contributed by atoms with Gasteiger partial charge in [-0.15, -0.1) is 0 Å². The van der Waals surface area contributed by atoms with Gasteiger partial charge in [-0.2, -0.15) is 0 Å². The molecule has 4 nitrogen and oxygen atoms in total. The third-order valence-electron chi connectivity index (χ3n) is 3.10. The first-order chi connectivity index (χ1) is 9.52. The molecule has 0 aromatic heterocycles. The van der Waals surface area contributed by atoms with Crippen molar-refractivity contribution in [2.75, 3.05) is 16.4 Å². The van der Waals surface area contributed by atoms with E-state index in [0.29, 0.717) is 17.1 Å². The molecule has 1 aliphatic heterocycles. The maximum absolute atomic E-state index is 13.6. The summed E-state index contributed by atoms with van der Waals surface area (Å²) in [7, 11) is 0. The first-order valence-corrected chi connectivity index (χ1v) is 5.97. The number of carbonyl (C=O) groups is 1. The molecule has 0 radical (unpaired) electrons. The molecule has 2 aromatic carbocycles. The minimum absolute atomic E-state index is 0.107. The fourth-order valence-electron chi connectivity index (χ4n) is 2.14. The zero-order chi connectivity index (χ0) is 14.3. The summed E-state index contributed by atoms with van der Waals surface area (Å²) < 4.78 is 26.4. The second-order valence-corrected chi connectivity index (χ2v) is 4.57. The number of halogens is 2. The Hall–Kier alpha value is -2.63. The number of rotatable bonds is 2. The Bertz CT molecular complexity index is 716. The number of anilines is 4. The number of hydrogen-bond acceptors (Lipinski definition) is 3. The lowest BCUT2D eigenvalue weighted by Gasteiger charge is -2.12. The van der Waals surface area contributed by atoms with Crippen LogP contribution >= 0.6 is 0 Å². The second kappa shape index (κ2) is 4.48. The molecule has 1 amide bonds. The standard InChI is InChI=1S/C14H11F2N3O/c15-8-1-2-11(9(16)5-8)18-13-6-12-7(3-10(13)17)4-14(20)19-12/h1-3,5-6,18H,4,17H2,(H,19,20). The zero-order valence-electron chi connectivity index (χ0n) is 10.3. The molecule has 0 saturated heterocycles. The number of nitrogens with one attached hydrogen (secondary N) is 2. The van der Waals surface area contributed by atoms with Crippen LogP contribution in [0.15, 0.2) is 30.3 Å². The Morgan fingerprint density at radius 3 is 2.70 bits per heavy atom. The Morgan fingerprint density at radius 1 is 1.15 bits per heavy atom. The zero-order valence-corrected chi connectivity index (χ0v) is 10.3. The average molecular weight is 275 g/mol. The molecule has 0 bridgehead atoms. The number of carbonyl (C=O) groups excluding carboxylic acids is 1. The molecule has 3 rings (SSSR count). The molecule has 6 heteroatoms. The van der Waals surface area contributed by atoms with Gasteiger partial charge in [0.05, 0.1) is 23.5 Å². The SMILES string of the molecule is Nc1cc2c(cc1Nc1ccc(F)cc1F)NC(=O)C2. The fraction of sp³-hybridized carbons (Fsp3) is 0.0714. The highest BCUT2D eigenvalue weighted by molar-refractivity contribution is 6.01. The maximum atomic E-state index is 13.6. The van der Waals surface area contributed by atoms with Gasteiger partial charge in [0.1, 0.15) is 11.6 Å². The minimum Gasteiger partial charge on any atom is -0.397 e. The Kier molecular flexibility index (Phi) is 2.78. The van der Waals surface area contributed by atoms with E-state index in [0.717, 1.165) is 17.7 Å². The number of nitrogens with two attached hydrogens (primary N) is 1. The number of hydrogen-bond donors (Lipinski definition) is 3. The lowest BCUT2D eigenvalue weighted by molar-refractivity contribution is -0.115. The number of nitrogen functional groups attached to an aromatic ring is 1. The van der Waals surface area contributed by atoms with Crippen LogP contribution in [0.25, 0.3) is 0 Å². The summed E-state index contributed by atoms with van der Waals surface area (Å²) in [5, 5.41) is 5.48. The minimum atomic E-state index is -0.714. The quantitative estimate of drug-likeness (QED) is 0.738.